The molecule has 10 nitrogen and oxygen atoms in total. The summed E-state index contributed by atoms with van der Waals surface area (Å²) in [6.45, 7) is 0.380. The van der Waals surface area contributed by atoms with Gasteiger partial charge in [-0.3, -0.25) is 14.6 Å². The van der Waals surface area contributed by atoms with Crippen molar-refractivity contribution in [2.45, 2.75) is 23.1 Å². The maximum absolute atomic E-state index is 12.8. The highest BCUT2D eigenvalue weighted by Crippen LogP contribution is 2.18. The van der Waals surface area contributed by atoms with E-state index in [0.717, 1.165) is 12.2 Å². The fourth-order valence-electron chi connectivity index (χ4n) is 3.89. The smallest absolute Gasteiger partial charge is 0.324 e. The van der Waals surface area contributed by atoms with Crippen molar-refractivity contribution in [3.63, 3.8) is 0 Å². The number of hydrogen-bond acceptors (Lipinski definition) is 7. The Morgan fingerprint density at radius 2 is 1.62 bits per heavy atom. The van der Waals surface area contributed by atoms with Gasteiger partial charge in [-0.15, -0.1) is 0 Å². The molecule has 3 aromatic carbocycles. The molecule has 1 heterocycles. The highest BCUT2D eigenvalue weighted by Gasteiger charge is 2.36. The van der Waals surface area contributed by atoms with E-state index in [1.807, 2.05) is 29.0 Å². The second kappa shape index (κ2) is 12.4. The number of benzene rings is 3. The van der Waals surface area contributed by atoms with Crippen molar-refractivity contribution in [3.8, 4) is 5.75 Å². The molecule has 3 N–H and O–H groups in total. The van der Waals surface area contributed by atoms with Gasteiger partial charge in [0.2, 0.25) is 0 Å². The van der Waals surface area contributed by atoms with Gasteiger partial charge in [-0.05, 0) is 42.0 Å². The Morgan fingerprint density at radius 1 is 0.974 bits per heavy atom. The average Bonchev–Trinajstić information content (AvgIpc) is 3.39. The lowest BCUT2D eigenvalue weighted by atomic mass is 10.2. The van der Waals surface area contributed by atoms with Crippen LogP contribution in [-0.2, 0) is 27.6 Å². The molecule has 1 atom stereocenters. The van der Waals surface area contributed by atoms with Crippen LogP contribution in [0.1, 0.15) is 21.6 Å². The number of carbonyl (C=O) groups excluding carboxylic acids is 1. The quantitative estimate of drug-likeness (QED) is 0.156. The van der Waals surface area contributed by atoms with Crippen LogP contribution >= 0.6 is 0 Å². The first-order chi connectivity index (χ1) is 18.7. The van der Waals surface area contributed by atoms with Gasteiger partial charge in [0.1, 0.15) is 5.75 Å². The number of rotatable bonds is 12. The average molecular weight is 549 g/mol. The third-order valence-electron chi connectivity index (χ3n) is 5.97. The van der Waals surface area contributed by atoms with E-state index in [9.17, 15) is 23.1 Å². The lowest BCUT2D eigenvalue weighted by Gasteiger charge is -2.21. The molecule has 0 radical (unpaired) electrons. The number of ether oxygens (including phenoxy) is 1. The number of nitrogens with zero attached hydrogens (tertiary/aromatic N) is 3. The van der Waals surface area contributed by atoms with Crippen LogP contribution < -0.4 is 10.6 Å². The summed E-state index contributed by atoms with van der Waals surface area (Å²) in [5.74, 6) is 4.01. The number of hydrogen-bond donors (Lipinski definition) is 2. The number of nitrogens with two attached hydrogens (primary N) is 1. The number of aliphatic carboxylic acids is 1. The van der Waals surface area contributed by atoms with Gasteiger partial charge in [0.05, 0.1) is 30.1 Å². The van der Waals surface area contributed by atoms with E-state index in [0.29, 0.717) is 23.8 Å². The van der Waals surface area contributed by atoms with Crippen molar-refractivity contribution >= 4 is 21.7 Å². The van der Waals surface area contributed by atoms with Gasteiger partial charge in [0, 0.05) is 24.7 Å². The van der Waals surface area contributed by atoms with Crippen molar-refractivity contribution in [1.29, 1.82) is 0 Å². The number of aromatic nitrogens is 2. The summed E-state index contributed by atoms with van der Waals surface area (Å²) >= 11 is 0. The van der Waals surface area contributed by atoms with E-state index in [1.54, 1.807) is 24.5 Å². The first kappa shape index (κ1) is 27.6. The van der Waals surface area contributed by atoms with E-state index < -0.39 is 33.5 Å². The minimum Gasteiger partial charge on any atom is -0.493 e. The molecule has 39 heavy (non-hydrogen) atoms. The third-order valence-corrected chi connectivity index (χ3v) is 8.00. The maximum Gasteiger partial charge on any atom is 0.324 e. The first-order valence-electron chi connectivity index (χ1n) is 12.1. The predicted octanol–water partition coefficient (Wildman–Crippen LogP) is 2.80. The van der Waals surface area contributed by atoms with Crippen molar-refractivity contribution in [1.82, 2.24) is 14.6 Å². The number of imidazole rings is 1. The zero-order valence-electron chi connectivity index (χ0n) is 21.0. The predicted molar refractivity (Wildman–Crippen MR) is 144 cm³/mol. The number of sulfone groups is 1. The van der Waals surface area contributed by atoms with Crippen LogP contribution in [0.15, 0.2) is 102 Å². The molecule has 0 unspecified atom stereocenters. The normalized spacial score (nSPS) is 12.0. The Balaban J connectivity index is 1.30. The van der Waals surface area contributed by atoms with Crippen molar-refractivity contribution in [2.24, 2.45) is 5.84 Å². The Bertz CT molecular complexity index is 1510. The highest BCUT2D eigenvalue weighted by atomic mass is 32.2. The van der Waals surface area contributed by atoms with Crippen LogP contribution in [0.4, 0.5) is 0 Å². The topological polar surface area (TPSA) is 145 Å². The number of hydrazine groups is 1. The van der Waals surface area contributed by atoms with Crippen molar-refractivity contribution < 1.29 is 27.9 Å². The van der Waals surface area contributed by atoms with Crippen LogP contribution in [0.5, 0.6) is 5.75 Å². The van der Waals surface area contributed by atoms with Crippen LogP contribution in [0.2, 0.25) is 0 Å². The number of carboxylic acids is 1. The molecule has 0 aliphatic rings. The van der Waals surface area contributed by atoms with Crippen LogP contribution in [0.3, 0.4) is 0 Å². The molecular weight excluding hydrogens is 520 g/mol. The summed E-state index contributed by atoms with van der Waals surface area (Å²) in [7, 11) is -4.27. The molecule has 0 fully saturated rings. The van der Waals surface area contributed by atoms with Crippen LogP contribution in [0.25, 0.3) is 0 Å². The first-order valence-corrected chi connectivity index (χ1v) is 13.6. The fourth-order valence-corrected chi connectivity index (χ4v) is 5.38. The number of carboxylic acid groups (broad SMARTS) is 1. The highest BCUT2D eigenvalue weighted by molar-refractivity contribution is 7.92. The molecule has 202 valence electrons. The van der Waals surface area contributed by atoms with Crippen molar-refractivity contribution in [2.75, 3.05) is 13.2 Å². The summed E-state index contributed by atoms with van der Waals surface area (Å²) in [5, 5.41) is 8.22. The largest absolute Gasteiger partial charge is 0.493 e. The van der Waals surface area contributed by atoms with Gasteiger partial charge >= 0.3 is 5.97 Å². The van der Waals surface area contributed by atoms with Crippen LogP contribution in [-0.4, -0.2) is 58.4 Å². The second-order valence-electron chi connectivity index (χ2n) is 8.79. The van der Waals surface area contributed by atoms with Gasteiger partial charge in [0.15, 0.2) is 15.1 Å². The Morgan fingerprint density at radius 3 is 2.26 bits per heavy atom. The van der Waals surface area contributed by atoms with Gasteiger partial charge in [-0.25, -0.2) is 19.2 Å². The van der Waals surface area contributed by atoms with E-state index in [2.05, 4.69) is 17.1 Å². The van der Waals surface area contributed by atoms with E-state index in [1.165, 1.54) is 42.0 Å². The van der Waals surface area contributed by atoms with Gasteiger partial charge in [0.25, 0.3) is 5.91 Å². The molecule has 0 spiro atoms. The summed E-state index contributed by atoms with van der Waals surface area (Å²) in [5.41, 5.74) is 2.22. The maximum atomic E-state index is 12.8. The molecular formula is C28H28N4O6S. The minimum atomic E-state index is -4.27. The second-order valence-corrected chi connectivity index (χ2v) is 10.9. The van der Waals surface area contributed by atoms with E-state index in [-0.39, 0.29) is 10.5 Å². The van der Waals surface area contributed by atoms with Crippen LogP contribution in [0, 0.1) is 0 Å². The molecule has 0 aliphatic carbocycles. The molecule has 4 aromatic rings. The molecule has 0 aliphatic heterocycles. The number of carbonyl (C=O) groups is 2. The molecule has 4 rings (SSSR count). The summed E-state index contributed by atoms with van der Waals surface area (Å²) in [6.07, 6.45) is 4.34. The lowest BCUT2D eigenvalue weighted by Crippen LogP contribution is -2.48. The van der Waals surface area contributed by atoms with E-state index >= 15 is 0 Å². The molecule has 0 saturated carbocycles. The lowest BCUT2D eigenvalue weighted by molar-refractivity contribution is -0.136. The molecule has 0 bridgehead atoms. The van der Waals surface area contributed by atoms with Gasteiger partial charge in [-0.2, -0.15) is 0 Å². The summed E-state index contributed by atoms with van der Waals surface area (Å²) < 4.78 is 33.4. The zero-order chi connectivity index (χ0) is 27.8. The standard InChI is InChI=1S/C28H28N4O6S/c29-32(19-26(28(34)35)39(36,37)25-9-5-2-6-10-25)27(33)22-11-13-24(14-12-22)38-16-15-23-18-31(20-30-23)17-21-7-3-1-4-8-21/h1-14,18,20,26H,15-17,19,29H2,(H,34,35)/t26-/m0/s1. The van der Waals surface area contributed by atoms with E-state index in [4.69, 9.17) is 10.6 Å². The number of amides is 1. The molecule has 11 heteroatoms. The van der Waals surface area contributed by atoms with Gasteiger partial charge < -0.3 is 14.4 Å². The molecule has 1 amide bonds. The monoisotopic (exact) mass is 548 g/mol. The Labute approximate surface area is 226 Å². The molecule has 1 aromatic heterocycles. The summed E-state index contributed by atoms with van der Waals surface area (Å²) in [6, 6.07) is 23.4. The minimum absolute atomic E-state index is 0.158. The van der Waals surface area contributed by atoms with Gasteiger partial charge in [-0.1, -0.05) is 48.5 Å². The Hall–Kier alpha value is -4.48. The Kier molecular flexibility index (Phi) is 8.74. The van der Waals surface area contributed by atoms with Crippen molar-refractivity contribution in [3.05, 3.63) is 114 Å². The SMILES string of the molecule is NN(C[C@@H](C(=O)O)S(=O)(=O)c1ccccc1)C(=O)c1ccc(OCCc2cn(Cc3ccccc3)cn2)cc1. The third kappa shape index (κ3) is 7.09. The molecule has 0 saturated heterocycles. The zero-order valence-corrected chi connectivity index (χ0v) is 21.8. The fraction of sp³-hybridized carbons (Fsp3) is 0.179. The summed E-state index contributed by atoms with van der Waals surface area (Å²) in [4.78, 5) is 28.8.